The van der Waals surface area contributed by atoms with Crippen molar-refractivity contribution in [3.63, 3.8) is 0 Å². The number of amides is 1. The minimum Gasteiger partial charge on any atom is -0.495 e. The molecule has 1 N–H and O–H groups in total. The highest BCUT2D eigenvalue weighted by molar-refractivity contribution is 5.90. The van der Waals surface area contributed by atoms with Crippen LogP contribution in [0.15, 0.2) is 48.5 Å². The quantitative estimate of drug-likeness (QED) is 0.621. The van der Waals surface area contributed by atoms with Crippen molar-refractivity contribution in [3.8, 4) is 11.5 Å². The zero-order valence-corrected chi connectivity index (χ0v) is 18.0. The molecule has 2 aliphatic heterocycles. The minimum absolute atomic E-state index is 0.268. The number of ether oxygens (including phenoxy) is 2. The van der Waals surface area contributed by atoms with Gasteiger partial charge in [-0.1, -0.05) is 30.3 Å². The maximum Gasteiger partial charge on any atom is 0.210 e. The fourth-order valence-corrected chi connectivity index (χ4v) is 5.31. The van der Waals surface area contributed by atoms with Crippen molar-refractivity contribution >= 4 is 17.3 Å². The Kier molecular flexibility index (Phi) is 5.32. The highest BCUT2D eigenvalue weighted by Gasteiger charge is 2.46. The molecule has 1 spiro atoms. The van der Waals surface area contributed by atoms with Gasteiger partial charge in [-0.3, -0.25) is 9.69 Å². The number of aromatic nitrogens is 1. The molecule has 6 heteroatoms. The fourth-order valence-electron chi connectivity index (χ4n) is 5.31. The Labute approximate surface area is 182 Å². The second kappa shape index (κ2) is 8.27. The van der Waals surface area contributed by atoms with Crippen LogP contribution in [0.4, 0.5) is 0 Å². The van der Waals surface area contributed by atoms with Crippen LogP contribution in [0.1, 0.15) is 24.1 Å². The number of rotatable bonds is 6. The summed E-state index contributed by atoms with van der Waals surface area (Å²) in [5, 5.41) is 1.22. The molecule has 2 aliphatic rings. The number of para-hydroxylation sites is 2. The van der Waals surface area contributed by atoms with Crippen LogP contribution in [0.25, 0.3) is 10.9 Å². The summed E-state index contributed by atoms with van der Waals surface area (Å²) in [6.07, 6.45) is 3.75. The van der Waals surface area contributed by atoms with Gasteiger partial charge in [-0.15, -0.1) is 0 Å². The van der Waals surface area contributed by atoms with Crippen LogP contribution in [0, 0.1) is 0 Å². The number of H-pyrrole nitrogens is 1. The first-order valence-electron chi connectivity index (χ1n) is 11.1. The summed E-state index contributed by atoms with van der Waals surface area (Å²) in [5.74, 6) is 1.77. The number of piperidine rings is 1. The van der Waals surface area contributed by atoms with Crippen molar-refractivity contribution in [2.45, 2.75) is 24.8 Å². The van der Waals surface area contributed by atoms with Crippen LogP contribution in [-0.2, 0) is 16.8 Å². The summed E-state index contributed by atoms with van der Waals surface area (Å²) >= 11 is 0. The standard InChI is InChI=1S/C25H29N3O3/c1-30-22-9-5-8-20-21-10-13-28(18-29)25(24(21)26-23(20)22)11-14-27(15-12-25)16-17-31-19-6-3-2-4-7-19/h2-9,18,26H,10-17H2,1H3. The molecule has 0 aliphatic carbocycles. The Morgan fingerprint density at radius 1 is 1.06 bits per heavy atom. The average Bonchev–Trinajstić information content (AvgIpc) is 3.21. The van der Waals surface area contributed by atoms with Crippen molar-refractivity contribution in [1.29, 1.82) is 0 Å². The van der Waals surface area contributed by atoms with E-state index in [4.69, 9.17) is 9.47 Å². The van der Waals surface area contributed by atoms with Crippen molar-refractivity contribution < 1.29 is 14.3 Å². The molecular weight excluding hydrogens is 390 g/mol. The van der Waals surface area contributed by atoms with E-state index in [9.17, 15) is 4.79 Å². The Bertz CT molecular complexity index is 1050. The van der Waals surface area contributed by atoms with Crippen molar-refractivity contribution in [1.82, 2.24) is 14.8 Å². The third-order valence-electron chi connectivity index (χ3n) is 6.97. The number of benzene rings is 2. The highest BCUT2D eigenvalue weighted by Crippen LogP contribution is 2.45. The van der Waals surface area contributed by atoms with Crippen LogP contribution in [0.3, 0.4) is 0 Å². The number of carbonyl (C=O) groups is 1. The van der Waals surface area contributed by atoms with E-state index in [1.165, 1.54) is 16.6 Å². The summed E-state index contributed by atoms with van der Waals surface area (Å²) < 4.78 is 11.5. The number of nitrogens with zero attached hydrogens (tertiary/aromatic N) is 2. The smallest absolute Gasteiger partial charge is 0.210 e. The lowest BCUT2D eigenvalue weighted by molar-refractivity contribution is -0.128. The van der Waals surface area contributed by atoms with Gasteiger partial charge in [0.2, 0.25) is 6.41 Å². The molecule has 31 heavy (non-hydrogen) atoms. The summed E-state index contributed by atoms with van der Waals surface area (Å²) in [4.78, 5) is 20.2. The number of nitrogens with one attached hydrogen (secondary N) is 1. The lowest BCUT2D eigenvalue weighted by Gasteiger charge is -2.49. The molecule has 0 radical (unpaired) electrons. The Morgan fingerprint density at radius 2 is 1.87 bits per heavy atom. The van der Waals surface area contributed by atoms with Crippen molar-refractivity contribution in [2.75, 3.05) is 39.9 Å². The molecule has 1 aromatic heterocycles. The van der Waals surface area contributed by atoms with E-state index in [0.717, 1.165) is 68.9 Å². The molecule has 1 amide bonds. The first-order valence-corrected chi connectivity index (χ1v) is 11.1. The molecule has 0 atom stereocenters. The van der Waals surface area contributed by atoms with Crippen LogP contribution in [0.5, 0.6) is 11.5 Å². The minimum atomic E-state index is -0.268. The van der Waals surface area contributed by atoms with E-state index in [1.54, 1.807) is 7.11 Å². The van der Waals surface area contributed by atoms with Gasteiger partial charge < -0.3 is 19.4 Å². The van der Waals surface area contributed by atoms with Gasteiger partial charge >= 0.3 is 0 Å². The topological polar surface area (TPSA) is 57.8 Å². The molecule has 2 aromatic carbocycles. The lowest BCUT2D eigenvalue weighted by Crippen LogP contribution is -2.56. The van der Waals surface area contributed by atoms with Gasteiger partial charge in [0.1, 0.15) is 18.1 Å². The number of methoxy groups -OCH3 is 1. The van der Waals surface area contributed by atoms with Gasteiger partial charge in [0.05, 0.1) is 18.2 Å². The van der Waals surface area contributed by atoms with E-state index in [1.807, 2.05) is 47.4 Å². The monoisotopic (exact) mass is 419 g/mol. The summed E-state index contributed by atoms with van der Waals surface area (Å²) in [6, 6.07) is 16.1. The third kappa shape index (κ3) is 3.45. The van der Waals surface area contributed by atoms with Crippen molar-refractivity contribution in [3.05, 3.63) is 59.8 Å². The van der Waals surface area contributed by atoms with Gasteiger partial charge in [-0.2, -0.15) is 0 Å². The average molecular weight is 420 g/mol. The van der Waals surface area contributed by atoms with E-state index in [2.05, 4.69) is 16.0 Å². The first kappa shape index (κ1) is 19.9. The third-order valence-corrected chi connectivity index (χ3v) is 6.97. The SMILES string of the molecule is COc1cccc2c3c([nH]c12)C1(CCN(CCOc2ccccc2)CC1)N(C=O)CC3. The Balaban J connectivity index is 1.35. The lowest BCUT2D eigenvalue weighted by atomic mass is 9.78. The number of hydrogen-bond donors (Lipinski definition) is 1. The molecule has 6 nitrogen and oxygen atoms in total. The van der Waals surface area contributed by atoms with Gasteiger partial charge in [-0.25, -0.2) is 0 Å². The fraction of sp³-hybridized carbons (Fsp3) is 0.400. The first-order chi connectivity index (χ1) is 15.2. The van der Waals surface area contributed by atoms with Crippen LogP contribution in [0.2, 0.25) is 0 Å². The van der Waals surface area contributed by atoms with Gasteiger partial charge in [-0.05, 0) is 43.0 Å². The maximum absolute atomic E-state index is 12.0. The number of aromatic amines is 1. The second-order valence-corrected chi connectivity index (χ2v) is 8.44. The van der Waals surface area contributed by atoms with Crippen LogP contribution >= 0.6 is 0 Å². The second-order valence-electron chi connectivity index (χ2n) is 8.44. The molecule has 5 rings (SSSR count). The zero-order valence-electron chi connectivity index (χ0n) is 18.0. The Morgan fingerprint density at radius 3 is 2.61 bits per heavy atom. The van der Waals surface area contributed by atoms with E-state index in [-0.39, 0.29) is 5.54 Å². The number of fused-ring (bicyclic) bond motifs is 4. The molecule has 1 fully saturated rings. The van der Waals surface area contributed by atoms with Crippen LogP contribution < -0.4 is 9.47 Å². The van der Waals surface area contributed by atoms with E-state index in [0.29, 0.717) is 6.61 Å². The summed E-state index contributed by atoms with van der Waals surface area (Å²) in [6.45, 7) is 4.20. The number of hydrogen-bond acceptors (Lipinski definition) is 4. The predicted molar refractivity (Wildman–Crippen MR) is 121 cm³/mol. The highest BCUT2D eigenvalue weighted by atomic mass is 16.5. The normalized spacial score (nSPS) is 18.2. The molecule has 162 valence electrons. The number of carbonyl (C=O) groups excluding carboxylic acids is 1. The van der Waals surface area contributed by atoms with Gasteiger partial charge in [0.15, 0.2) is 0 Å². The Hall–Kier alpha value is -2.99. The molecule has 3 heterocycles. The summed E-state index contributed by atoms with van der Waals surface area (Å²) in [7, 11) is 1.71. The molecule has 1 saturated heterocycles. The molecule has 0 bridgehead atoms. The van der Waals surface area contributed by atoms with Crippen LogP contribution in [-0.4, -0.2) is 61.1 Å². The molecule has 0 unspecified atom stereocenters. The zero-order chi connectivity index (χ0) is 21.3. The van der Waals surface area contributed by atoms with E-state index >= 15 is 0 Å². The molecule has 3 aromatic rings. The molecule has 0 saturated carbocycles. The molecular formula is C25H29N3O3. The predicted octanol–water partition coefficient (Wildman–Crippen LogP) is 3.56. The van der Waals surface area contributed by atoms with Crippen molar-refractivity contribution in [2.24, 2.45) is 0 Å². The number of likely N-dealkylation sites (tertiary alicyclic amines) is 1. The maximum atomic E-state index is 12.0. The van der Waals surface area contributed by atoms with Gasteiger partial charge in [0, 0.05) is 37.3 Å². The van der Waals surface area contributed by atoms with E-state index < -0.39 is 0 Å². The van der Waals surface area contributed by atoms with Gasteiger partial charge in [0.25, 0.3) is 0 Å². The summed E-state index contributed by atoms with van der Waals surface area (Å²) in [5.41, 5.74) is 3.31. The largest absolute Gasteiger partial charge is 0.495 e.